The minimum absolute atomic E-state index is 0.203. The molecule has 1 fully saturated rings. The van der Waals surface area contributed by atoms with Crippen molar-refractivity contribution < 1.29 is 9.13 Å². The Morgan fingerprint density at radius 2 is 2.00 bits per heavy atom. The van der Waals surface area contributed by atoms with Crippen LogP contribution in [0.5, 0.6) is 5.75 Å². The fourth-order valence-corrected chi connectivity index (χ4v) is 2.74. The van der Waals surface area contributed by atoms with E-state index in [0.717, 1.165) is 37.5 Å². The first-order valence-electron chi connectivity index (χ1n) is 7.36. The number of ether oxygens (including phenoxy) is 1. The van der Waals surface area contributed by atoms with Crippen LogP contribution in [0.2, 0.25) is 0 Å². The smallest absolute Gasteiger partial charge is 0.123 e. The van der Waals surface area contributed by atoms with Crippen molar-refractivity contribution in [2.45, 2.75) is 25.8 Å². The van der Waals surface area contributed by atoms with Crippen LogP contribution in [-0.2, 0) is 0 Å². The molecule has 1 saturated heterocycles. The van der Waals surface area contributed by atoms with E-state index in [-0.39, 0.29) is 12.7 Å². The lowest BCUT2D eigenvalue weighted by Crippen LogP contribution is -2.45. The van der Waals surface area contributed by atoms with Crippen LogP contribution in [0.3, 0.4) is 0 Å². The van der Waals surface area contributed by atoms with E-state index in [1.807, 2.05) is 6.07 Å². The van der Waals surface area contributed by atoms with E-state index in [1.165, 1.54) is 5.56 Å². The second-order valence-electron chi connectivity index (χ2n) is 5.61. The van der Waals surface area contributed by atoms with Crippen LogP contribution in [0.25, 0.3) is 0 Å². The molecular weight excluding hydrogens is 255 g/mol. The van der Waals surface area contributed by atoms with Crippen molar-refractivity contribution in [1.29, 1.82) is 0 Å². The highest BCUT2D eigenvalue weighted by atomic mass is 19.1. The van der Waals surface area contributed by atoms with E-state index < -0.39 is 0 Å². The lowest BCUT2D eigenvalue weighted by atomic mass is 9.96. The molecule has 3 nitrogen and oxygen atoms in total. The zero-order chi connectivity index (χ0) is 14.5. The van der Waals surface area contributed by atoms with Crippen molar-refractivity contribution in [1.82, 2.24) is 10.2 Å². The Morgan fingerprint density at radius 3 is 2.55 bits per heavy atom. The van der Waals surface area contributed by atoms with Gasteiger partial charge in [-0.05, 0) is 17.5 Å². The van der Waals surface area contributed by atoms with E-state index in [9.17, 15) is 4.39 Å². The summed E-state index contributed by atoms with van der Waals surface area (Å²) in [5.74, 6) is 1.22. The predicted molar refractivity (Wildman–Crippen MR) is 80.2 cm³/mol. The van der Waals surface area contributed by atoms with Gasteiger partial charge in [0.15, 0.2) is 0 Å². The number of alkyl halides is 1. The number of benzene rings is 1. The average molecular weight is 280 g/mol. The van der Waals surface area contributed by atoms with E-state index in [0.29, 0.717) is 5.92 Å². The Hall–Kier alpha value is -1.13. The molecule has 4 heteroatoms. The van der Waals surface area contributed by atoms with Crippen LogP contribution < -0.4 is 10.1 Å². The zero-order valence-electron chi connectivity index (χ0n) is 12.7. The maximum Gasteiger partial charge on any atom is 0.123 e. The van der Waals surface area contributed by atoms with E-state index in [1.54, 1.807) is 7.11 Å². The molecule has 0 radical (unpaired) electrons. The van der Waals surface area contributed by atoms with E-state index >= 15 is 0 Å². The second-order valence-corrected chi connectivity index (χ2v) is 5.61. The van der Waals surface area contributed by atoms with Gasteiger partial charge in [-0.3, -0.25) is 4.90 Å². The zero-order valence-corrected chi connectivity index (χ0v) is 12.7. The summed E-state index contributed by atoms with van der Waals surface area (Å²) in [6, 6.07) is 5.94. The Balaban J connectivity index is 2.32. The van der Waals surface area contributed by atoms with Crippen molar-refractivity contribution in [2.24, 2.45) is 0 Å². The number of rotatable bonds is 5. The fourth-order valence-electron chi connectivity index (χ4n) is 2.74. The number of halogens is 1. The third-order valence-corrected chi connectivity index (χ3v) is 4.02. The Morgan fingerprint density at radius 1 is 1.30 bits per heavy atom. The summed E-state index contributed by atoms with van der Waals surface area (Å²) < 4.78 is 19.1. The highest BCUT2D eigenvalue weighted by molar-refractivity contribution is 5.40. The summed E-state index contributed by atoms with van der Waals surface area (Å²) in [5.41, 5.74) is 2.21. The second kappa shape index (κ2) is 7.04. The van der Waals surface area contributed by atoms with Crippen LogP contribution in [-0.4, -0.2) is 44.9 Å². The normalized spacial score (nSPS) is 18.2. The number of piperazine rings is 1. The number of methoxy groups -OCH3 is 1. The van der Waals surface area contributed by atoms with Crippen LogP contribution in [0, 0.1) is 0 Å². The number of nitrogens with zero attached hydrogens (tertiary/aromatic N) is 1. The minimum Gasteiger partial charge on any atom is -0.496 e. The molecule has 0 unspecified atom stereocenters. The standard InChI is InChI=1S/C16H25FN2O/c1-12(2)13-4-5-16(20-3)14(10-13)15(11-17)19-8-6-18-7-9-19/h4-5,10,12,15,18H,6-9,11H2,1-3H3/t15-/m0/s1. The van der Waals surface area contributed by atoms with Gasteiger partial charge in [-0.1, -0.05) is 26.0 Å². The molecule has 0 saturated carbocycles. The van der Waals surface area contributed by atoms with Crippen LogP contribution in [0.4, 0.5) is 4.39 Å². The van der Waals surface area contributed by atoms with E-state index in [2.05, 4.69) is 36.2 Å². The fraction of sp³-hybridized carbons (Fsp3) is 0.625. The summed E-state index contributed by atoms with van der Waals surface area (Å²) in [5, 5.41) is 3.31. The van der Waals surface area contributed by atoms with Gasteiger partial charge in [0.25, 0.3) is 0 Å². The van der Waals surface area contributed by atoms with Crippen molar-refractivity contribution in [3.63, 3.8) is 0 Å². The molecule has 2 rings (SSSR count). The van der Waals surface area contributed by atoms with Gasteiger partial charge in [0.2, 0.25) is 0 Å². The molecular formula is C16H25FN2O. The monoisotopic (exact) mass is 280 g/mol. The van der Waals surface area contributed by atoms with Gasteiger partial charge in [0, 0.05) is 31.7 Å². The Labute approximate surface area is 121 Å². The van der Waals surface area contributed by atoms with Gasteiger partial charge < -0.3 is 10.1 Å². The van der Waals surface area contributed by atoms with Crippen molar-refractivity contribution in [3.8, 4) is 5.75 Å². The molecule has 0 aromatic heterocycles. The van der Waals surface area contributed by atoms with Gasteiger partial charge in [0.05, 0.1) is 13.2 Å². The molecule has 0 spiro atoms. The van der Waals surface area contributed by atoms with Crippen molar-refractivity contribution in [3.05, 3.63) is 29.3 Å². The molecule has 1 aliphatic heterocycles. The molecule has 1 heterocycles. The molecule has 1 aliphatic rings. The minimum atomic E-state index is -0.377. The molecule has 1 aromatic carbocycles. The first kappa shape index (κ1) is 15.3. The highest BCUT2D eigenvalue weighted by Crippen LogP contribution is 2.32. The van der Waals surface area contributed by atoms with E-state index in [4.69, 9.17) is 4.74 Å². The largest absolute Gasteiger partial charge is 0.496 e. The third kappa shape index (κ3) is 3.30. The molecule has 0 aliphatic carbocycles. The molecule has 0 bridgehead atoms. The van der Waals surface area contributed by atoms with Crippen molar-refractivity contribution in [2.75, 3.05) is 40.0 Å². The van der Waals surface area contributed by atoms with Gasteiger partial charge >= 0.3 is 0 Å². The first-order valence-corrected chi connectivity index (χ1v) is 7.36. The Kier molecular flexibility index (Phi) is 5.38. The van der Waals surface area contributed by atoms with Crippen LogP contribution in [0.1, 0.15) is 36.9 Å². The number of hydrogen-bond donors (Lipinski definition) is 1. The third-order valence-electron chi connectivity index (χ3n) is 4.02. The topological polar surface area (TPSA) is 24.5 Å². The molecule has 1 aromatic rings. The summed E-state index contributed by atoms with van der Waals surface area (Å²) in [6.45, 7) is 7.53. The summed E-state index contributed by atoms with van der Waals surface area (Å²) in [7, 11) is 1.65. The van der Waals surface area contributed by atoms with Gasteiger partial charge in [-0.15, -0.1) is 0 Å². The SMILES string of the molecule is COc1ccc(C(C)C)cc1[C@H](CF)N1CCNCC1. The first-order chi connectivity index (χ1) is 9.67. The quantitative estimate of drug-likeness (QED) is 0.897. The molecule has 20 heavy (non-hydrogen) atoms. The number of hydrogen-bond acceptors (Lipinski definition) is 3. The van der Waals surface area contributed by atoms with Gasteiger partial charge in [-0.2, -0.15) is 0 Å². The van der Waals surface area contributed by atoms with Gasteiger partial charge in [0.1, 0.15) is 12.4 Å². The van der Waals surface area contributed by atoms with Crippen LogP contribution >= 0.6 is 0 Å². The number of nitrogens with one attached hydrogen (secondary N) is 1. The average Bonchev–Trinajstić information content (AvgIpc) is 2.49. The maximum absolute atomic E-state index is 13.7. The molecule has 1 atom stereocenters. The molecule has 112 valence electrons. The lowest BCUT2D eigenvalue weighted by molar-refractivity contribution is 0.145. The van der Waals surface area contributed by atoms with Crippen LogP contribution in [0.15, 0.2) is 18.2 Å². The predicted octanol–water partition coefficient (Wildman–Crippen LogP) is 2.73. The molecule has 0 amide bonds. The molecule has 1 N–H and O–H groups in total. The lowest BCUT2D eigenvalue weighted by Gasteiger charge is -2.34. The highest BCUT2D eigenvalue weighted by Gasteiger charge is 2.25. The van der Waals surface area contributed by atoms with Crippen molar-refractivity contribution >= 4 is 0 Å². The summed E-state index contributed by atoms with van der Waals surface area (Å²) in [6.07, 6.45) is 0. The van der Waals surface area contributed by atoms with Gasteiger partial charge in [-0.25, -0.2) is 4.39 Å². The maximum atomic E-state index is 13.7. The Bertz CT molecular complexity index is 430. The summed E-state index contributed by atoms with van der Waals surface area (Å²) in [4.78, 5) is 2.21. The summed E-state index contributed by atoms with van der Waals surface area (Å²) >= 11 is 0.